The highest BCUT2D eigenvalue weighted by molar-refractivity contribution is 6.16. The molecule has 2 nitrogen and oxygen atoms in total. The van der Waals surface area contributed by atoms with Gasteiger partial charge in [-0.2, -0.15) is 0 Å². The molecule has 4 aromatic carbocycles. The lowest BCUT2D eigenvalue weighted by atomic mass is 9.97. The molecule has 0 aliphatic rings. The van der Waals surface area contributed by atoms with Crippen molar-refractivity contribution in [1.82, 2.24) is 0 Å². The second-order valence-corrected chi connectivity index (χ2v) is 5.40. The van der Waals surface area contributed by atoms with Gasteiger partial charge in [-0.05, 0) is 33.7 Å². The fourth-order valence-electron chi connectivity index (χ4n) is 3.03. The molecule has 0 spiro atoms. The Morgan fingerprint density at radius 3 is 2.18 bits per heavy atom. The first-order valence-corrected chi connectivity index (χ1v) is 7.26. The molecule has 0 bridgehead atoms. The number of ether oxygens (including phenoxy) is 1. The highest BCUT2D eigenvalue weighted by atomic mass is 16.5. The Balaban J connectivity index is 2.23. The summed E-state index contributed by atoms with van der Waals surface area (Å²) >= 11 is 0. The summed E-state index contributed by atoms with van der Waals surface area (Å²) in [5.74, 6) is 0.345. The molecular weight excluding hydrogens is 272 g/mol. The van der Waals surface area contributed by atoms with Crippen LogP contribution < -0.4 is 4.74 Å². The van der Waals surface area contributed by atoms with Crippen LogP contribution in [0.3, 0.4) is 0 Å². The molecule has 4 aromatic rings. The maximum absolute atomic E-state index is 11.5. The summed E-state index contributed by atoms with van der Waals surface area (Å²) in [6, 6.07) is 22.5. The second kappa shape index (κ2) is 4.85. The largest absolute Gasteiger partial charge is 0.425 e. The van der Waals surface area contributed by atoms with Gasteiger partial charge >= 0.3 is 5.97 Å². The van der Waals surface area contributed by atoms with Crippen LogP contribution in [0.4, 0.5) is 0 Å². The zero-order chi connectivity index (χ0) is 15.1. The molecule has 0 aliphatic heterocycles. The van der Waals surface area contributed by atoms with Crippen LogP contribution in [0.1, 0.15) is 6.92 Å². The van der Waals surface area contributed by atoms with Crippen LogP contribution in [-0.2, 0) is 4.79 Å². The molecule has 0 radical (unpaired) electrons. The van der Waals surface area contributed by atoms with Crippen LogP contribution in [0.2, 0.25) is 0 Å². The van der Waals surface area contributed by atoms with Gasteiger partial charge in [0.05, 0.1) is 0 Å². The minimum Gasteiger partial charge on any atom is -0.425 e. The quantitative estimate of drug-likeness (QED) is 0.211. The minimum atomic E-state index is -0.300. The van der Waals surface area contributed by atoms with Gasteiger partial charge in [-0.1, -0.05) is 54.6 Å². The monoisotopic (exact) mass is 286 g/mol. The zero-order valence-corrected chi connectivity index (χ0v) is 12.2. The van der Waals surface area contributed by atoms with E-state index in [1.807, 2.05) is 42.5 Å². The smallest absolute Gasteiger partial charge is 0.308 e. The van der Waals surface area contributed by atoms with E-state index in [0.29, 0.717) is 5.75 Å². The lowest BCUT2D eigenvalue weighted by Crippen LogP contribution is -2.02. The van der Waals surface area contributed by atoms with Gasteiger partial charge in [0.15, 0.2) is 0 Å². The molecular formula is C20H14O2. The molecule has 0 aromatic heterocycles. The van der Waals surface area contributed by atoms with Crippen molar-refractivity contribution in [2.45, 2.75) is 6.92 Å². The molecule has 0 unspecified atom stereocenters. The number of carbonyl (C=O) groups is 1. The minimum absolute atomic E-state index is 0.300. The highest BCUT2D eigenvalue weighted by Gasteiger charge is 2.12. The predicted octanol–water partition coefficient (Wildman–Crippen LogP) is 5.07. The Kier molecular flexibility index (Phi) is 2.83. The van der Waals surface area contributed by atoms with Crippen LogP contribution in [0, 0.1) is 0 Å². The third-order valence-electron chi connectivity index (χ3n) is 3.97. The van der Waals surface area contributed by atoms with Crippen molar-refractivity contribution in [3.63, 3.8) is 0 Å². The number of rotatable bonds is 1. The van der Waals surface area contributed by atoms with Gasteiger partial charge in [-0.15, -0.1) is 0 Å². The summed E-state index contributed by atoms with van der Waals surface area (Å²) in [6.45, 7) is 1.44. The maximum Gasteiger partial charge on any atom is 0.308 e. The zero-order valence-electron chi connectivity index (χ0n) is 12.2. The summed E-state index contributed by atoms with van der Waals surface area (Å²) in [7, 11) is 0. The topological polar surface area (TPSA) is 26.3 Å². The molecule has 0 amide bonds. The Labute approximate surface area is 127 Å². The van der Waals surface area contributed by atoms with Gasteiger partial charge in [-0.3, -0.25) is 4.79 Å². The fourth-order valence-corrected chi connectivity index (χ4v) is 3.03. The van der Waals surface area contributed by atoms with Crippen LogP contribution in [0.25, 0.3) is 32.3 Å². The van der Waals surface area contributed by atoms with Crippen LogP contribution in [0.15, 0.2) is 66.7 Å². The molecule has 0 fully saturated rings. The van der Waals surface area contributed by atoms with Crippen LogP contribution in [0.5, 0.6) is 5.75 Å². The lowest BCUT2D eigenvalue weighted by molar-refractivity contribution is -0.131. The van der Waals surface area contributed by atoms with E-state index in [4.69, 9.17) is 4.74 Å². The van der Waals surface area contributed by atoms with Crippen molar-refractivity contribution in [2.75, 3.05) is 0 Å². The van der Waals surface area contributed by atoms with Crippen molar-refractivity contribution in [1.29, 1.82) is 0 Å². The Morgan fingerprint density at radius 2 is 1.41 bits per heavy atom. The second-order valence-electron chi connectivity index (χ2n) is 5.40. The average Bonchev–Trinajstić information content (AvgIpc) is 2.54. The highest BCUT2D eigenvalue weighted by Crippen LogP contribution is 2.38. The fraction of sp³-hybridized carbons (Fsp3) is 0.0500. The van der Waals surface area contributed by atoms with E-state index in [0.717, 1.165) is 21.5 Å². The first-order valence-electron chi connectivity index (χ1n) is 7.26. The maximum atomic E-state index is 11.5. The molecule has 106 valence electrons. The van der Waals surface area contributed by atoms with E-state index in [1.54, 1.807) is 0 Å². The van der Waals surface area contributed by atoms with Crippen molar-refractivity contribution in [3.8, 4) is 5.75 Å². The van der Waals surface area contributed by atoms with Gasteiger partial charge in [-0.25, -0.2) is 0 Å². The molecule has 0 saturated heterocycles. The summed E-state index contributed by atoms with van der Waals surface area (Å²) in [6.07, 6.45) is 0. The first-order chi connectivity index (χ1) is 10.7. The number of hydrogen-bond acceptors (Lipinski definition) is 2. The van der Waals surface area contributed by atoms with Gasteiger partial charge < -0.3 is 4.74 Å². The van der Waals surface area contributed by atoms with E-state index in [1.165, 1.54) is 17.7 Å². The van der Waals surface area contributed by atoms with Crippen molar-refractivity contribution in [2.24, 2.45) is 0 Å². The Hall–Kier alpha value is -2.87. The van der Waals surface area contributed by atoms with Gasteiger partial charge in [0.2, 0.25) is 0 Å². The number of fused-ring (bicyclic) bond motifs is 4. The Morgan fingerprint density at radius 1 is 0.727 bits per heavy atom. The van der Waals surface area contributed by atoms with E-state index >= 15 is 0 Å². The summed E-state index contributed by atoms with van der Waals surface area (Å²) in [5.41, 5.74) is 0. The van der Waals surface area contributed by atoms with E-state index in [2.05, 4.69) is 24.3 Å². The number of carbonyl (C=O) groups excluding carboxylic acids is 1. The van der Waals surface area contributed by atoms with Crippen molar-refractivity contribution < 1.29 is 9.53 Å². The van der Waals surface area contributed by atoms with Gasteiger partial charge in [0, 0.05) is 17.7 Å². The third-order valence-corrected chi connectivity index (χ3v) is 3.97. The van der Waals surface area contributed by atoms with Crippen LogP contribution in [-0.4, -0.2) is 5.97 Å². The molecule has 4 rings (SSSR count). The molecule has 0 heterocycles. The number of esters is 1. The molecule has 2 heteroatoms. The molecule has 22 heavy (non-hydrogen) atoms. The van der Waals surface area contributed by atoms with Crippen molar-refractivity contribution in [3.05, 3.63) is 66.7 Å². The predicted molar refractivity (Wildman–Crippen MR) is 90.3 cm³/mol. The number of benzene rings is 4. The molecule has 0 atom stereocenters. The van der Waals surface area contributed by atoms with Crippen LogP contribution >= 0.6 is 0 Å². The van der Waals surface area contributed by atoms with Gasteiger partial charge in [0.25, 0.3) is 0 Å². The van der Waals surface area contributed by atoms with E-state index < -0.39 is 0 Å². The molecule has 0 aliphatic carbocycles. The lowest BCUT2D eigenvalue weighted by Gasteiger charge is -2.12. The third kappa shape index (κ3) is 1.92. The SMILES string of the molecule is CC(=O)Oc1c2ccccc2cc2c1ccc1ccccc12. The summed E-state index contributed by atoms with van der Waals surface area (Å²) in [4.78, 5) is 11.5. The molecule has 0 N–H and O–H groups in total. The average molecular weight is 286 g/mol. The normalized spacial score (nSPS) is 11.1. The van der Waals surface area contributed by atoms with Gasteiger partial charge in [0.1, 0.15) is 5.75 Å². The standard InChI is InChI=1S/C20H14O2/c1-13(21)22-20-17-9-5-3-7-15(17)12-19-16-8-4-2-6-14(16)10-11-18(19)20/h2-12H,1H3. The van der Waals surface area contributed by atoms with E-state index in [-0.39, 0.29) is 5.97 Å². The van der Waals surface area contributed by atoms with E-state index in [9.17, 15) is 4.79 Å². The first kappa shape index (κ1) is 12.8. The summed E-state index contributed by atoms with van der Waals surface area (Å²) in [5, 5.41) is 6.45. The summed E-state index contributed by atoms with van der Waals surface area (Å²) < 4.78 is 5.55. The number of hydrogen-bond donors (Lipinski definition) is 0. The molecule has 0 saturated carbocycles. The van der Waals surface area contributed by atoms with Crippen molar-refractivity contribution >= 4 is 38.3 Å². The Bertz CT molecular complexity index is 1030.